The molecule has 0 aromatic carbocycles. The van der Waals surface area contributed by atoms with E-state index in [-0.39, 0.29) is 35.9 Å². The predicted octanol–water partition coefficient (Wildman–Crippen LogP) is -0.626. The van der Waals surface area contributed by atoms with Crippen LogP contribution in [-0.2, 0) is 32.2 Å². The first-order valence-corrected chi connectivity index (χ1v) is 11.5. The third-order valence-electron chi connectivity index (χ3n) is 5.47. The van der Waals surface area contributed by atoms with E-state index in [9.17, 15) is 19.2 Å². The molecular weight excluding hydrogens is 514 g/mol. The highest BCUT2D eigenvalue weighted by molar-refractivity contribution is 9.10. The van der Waals surface area contributed by atoms with Crippen LogP contribution in [0.5, 0.6) is 0 Å². The lowest BCUT2D eigenvalue weighted by Crippen LogP contribution is -2.42. The standard InChI is InChI=1S/C20H28BrN7O6/c1-25(2)6-7-34-12-13-9-28(24-23-13)14-8-16(19(31)33-3)27(10-14)17(29)4-5-26-11-15(21)18(30)22-20(26)32/h9,11,14,16H,4-8,10,12H2,1-3H3,(H,22,30,32)/t14-,16+/m1/s1. The van der Waals surface area contributed by atoms with Crippen LogP contribution in [0.1, 0.15) is 24.6 Å². The van der Waals surface area contributed by atoms with Gasteiger partial charge in [0.2, 0.25) is 5.91 Å². The molecule has 0 spiro atoms. The average molecular weight is 542 g/mol. The molecule has 0 bridgehead atoms. The van der Waals surface area contributed by atoms with Gasteiger partial charge in [0.25, 0.3) is 5.56 Å². The van der Waals surface area contributed by atoms with Gasteiger partial charge < -0.3 is 19.3 Å². The molecule has 1 N–H and O–H groups in total. The highest BCUT2D eigenvalue weighted by Gasteiger charge is 2.41. The van der Waals surface area contributed by atoms with Gasteiger partial charge in [-0.25, -0.2) is 14.3 Å². The molecule has 14 heteroatoms. The summed E-state index contributed by atoms with van der Waals surface area (Å²) in [5.41, 5.74) is -0.509. The molecule has 0 radical (unpaired) electrons. The van der Waals surface area contributed by atoms with Gasteiger partial charge in [-0.1, -0.05) is 5.21 Å². The maximum Gasteiger partial charge on any atom is 0.328 e. The molecule has 13 nitrogen and oxygen atoms in total. The summed E-state index contributed by atoms with van der Waals surface area (Å²) in [5.74, 6) is -0.841. The first kappa shape index (κ1) is 25.8. The summed E-state index contributed by atoms with van der Waals surface area (Å²) in [5, 5.41) is 8.27. The lowest BCUT2D eigenvalue weighted by molar-refractivity contribution is -0.151. The molecule has 0 aliphatic carbocycles. The molecule has 2 atom stereocenters. The summed E-state index contributed by atoms with van der Waals surface area (Å²) < 4.78 is 13.5. The number of amides is 1. The highest BCUT2D eigenvalue weighted by Crippen LogP contribution is 2.28. The molecule has 1 aliphatic rings. The lowest BCUT2D eigenvalue weighted by Gasteiger charge is -2.22. The van der Waals surface area contributed by atoms with Crippen molar-refractivity contribution in [3.8, 4) is 0 Å². The molecule has 34 heavy (non-hydrogen) atoms. The number of likely N-dealkylation sites (tertiary alicyclic amines) is 1. The van der Waals surface area contributed by atoms with Crippen LogP contribution in [0.4, 0.5) is 0 Å². The van der Waals surface area contributed by atoms with Crippen molar-refractivity contribution in [2.75, 3.05) is 40.9 Å². The number of methoxy groups -OCH3 is 1. The predicted molar refractivity (Wildman–Crippen MR) is 123 cm³/mol. The molecule has 1 aliphatic heterocycles. The van der Waals surface area contributed by atoms with Crippen LogP contribution in [0.25, 0.3) is 0 Å². The molecule has 1 amide bonds. The van der Waals surface area contributed by atoms with Crippen molar-refractivity contribution in [1.82, 2.24) is 34.3 Å². The fourth-order valence-corrected chi connectivity index (χ4v) is 3.98. The molecule has 1 fully saturated rings. The number of halogens is 1. The van der Waals surface area contributed by atoms with Crippen LogP contribution in [0.2, 0.25) is 0 Å². The van der Waals surface area contributed by atoms with Gasteiger partial charge in [-0.05, 0) is 30.0 Å². The first-order chi connectivity index (χ1) is 16.2. The second-order valence-corrected chi connectivity index (χ2v) is 9.05. The molecule has 2 aromatic heterocycles. The Kier molecular flexibility index (Phi) is 8.74. The Bertz CT molecular complexity index is 1130. The van der Waals surface area contributed by atoms with Crippen LogP contribution >= 0.6 is 15.9 Å². The van der Waals surface area contributed by atoms with Crippen LogP contribution in [-0.4, -0.2) is 93.2 Å². The van der Waals surface area contributed by atoms with Crippen LogP contribution < -0.4 is 11.2 Å². The third-order valence-corrected chi connectivity index (χ3v) is 6.04. The SMILES string of the molecule is COC(=O)[C@@H]1C[C@@H](n2cc(COCCN(C)C)nn2)CN1C(=O)CCn1cc(Br)c(=O)[nH]c1=O. The minimum absolute atomic E-state index is 0.0407. The summed E-state index contributed by atoms with van der Waals surface area (Å²) in [7, 11) is 5.19. The Balaban J connectivity index is 1.65. The molecule has 1 saturated heterocycles. The fourth-order valence-electron chi connectivity index (χ4n) is 3.63. The largest absolute Gasteiger partial charge is 0.467 e. The zero-order chi connectivity index (χ0) is 24.8. The normalized spacial score (nSPS) is 18.0. The number of aromatic amines is 1. The number of likely N-dealkylation sites (N-methyl/N-ethyl adjacent to an activating group) is 1. The number of nitrogens with one attached hydrogen (secondary N) is 1. The topological polar surface area (TPSA) is 145 Å². The van der Waals surface area contributed by atoms with Gasteiger partial charge in [0, 0.05) is 38.7 Å². The molecule has 0 saturated carbocycles. The summed E-state index contributed by atoms with van der Waals surface area (Å²) >= 11 is 3.07. The van der Waals surface area contributed by atoms with Crippen molar-refractivity contribution in [2.45, 2.75) is 38.1 Å². The molecule has 3 rings (SSSR count). The quantitative estimate of drug-likeness (QED) is 0.307. The Morgan fingerprint density at radius 2 is 2.06 bits per heavy atom. The van der Waals surface area contributed by atoms with E-state index in [1.54, 1.807) is 10.9 Å². The Morgan fingerprint density at radius 1 is 1.29 bits per heavy atom. The first-order valence-electron chi connectivity index (χ1n) is 10.7. The zero-order valence-corrected chi connectivity index (χ0v) is 20.9. The molecular formula is C20H28BrN7O6. The number of aromatic nitrogens is 5. The van der Waals surface area contributed by atoms with Crippen molar-refractivity contribution >= 4 is 27.8 Å². The van der Waals surface area contributed by atoms with Crippen LogP contribution in [0, 0.1) is 0 Å². The molecule has 2 aromatic rings. The summed E-state index contributed by atoms with van der Waals surface area (Å²) in [6, 6.07) is -1.04. The monoisotopic (exact) mass is 541 g/mol. The number of H-pyrrole nitrogens is 1. The second kappa shape index (κ2) is 11.5. The number of ether oxygens (including phenoxy) is 2. The number of hydrogen-bond donors (Lipinski definition) is 1. The Hall–Kier alpha value is -2.84. The van der Waals surface area contributed by atoms with Gasteiger partial charge in [-0.15, -0.1) is 5.10 Å². The van der Waals surface area contributed by atoms with E-state index < -0.39 is 23.3 Å². The van der Waals surface area contributed by atoms with Gasteiger partial charge in [-0.2, -0.15) is 0 Å². The number of hydrogen-bond acceptors (Lipinski definition) is 9. The smallest absolute Gasteiger partial charge is 0.328 e. The average Bonchev–Trinajstić information content (AvgIpc) is 3.45. The van der Waals surface area contributed by atoms with Gasteiger partial charge in [0.15, 0.2) is 0 Å². The fraction of sp³-hybridized carbons (Fsp3) is 0.600. The maximum atomic E-state index is 13.0. The number of carbonyl (C=O) groups is 2. The van der Waals surface area contributed by atoms with E-state index in [4.69, 9.17) is 9.47 Å². The summed E-state index contributed by atoms with van der Waals surface area (Å²) in [4.78, 5) is 54.4. The van der Waals surface area contributed by atoms with Crippen molar-refractivity contribution in [1.29, 1.82) is 0 Å². The molecule has 186 valence electrons. The second-order valence-electron chi connectivity index (χ2n) is 8.20. The molecule has 3 heterocycles. The Labute approximate surface area is 203 Å². The summed E-state index contributed by atoms with van der Waals surface area (Å²) in [6.45, 7) is 1.95. The lowest BCUT2D eigenvalue weighted by atomic mass is 10.1. The minimum Gasteiger partial charge on any atom is -0.467 e. The van der Waals surface area contributed by atoms with E-state index in [2.05, 4.69) is 31.2 Å². The van der Waals surface area contributed by atoms with E-state index in [1.165, 1.54) is 22.8 Å². The summed E-state index contributed by atoms with van der Waals surface area (Å²) in [6.07, 6.45) is 3.37. The van der Waals surface area contributed by atoms with Crippen LogP contribution in [0.3, 0.4) is 0 Å². The number of nitrogens with zero attached hydrogens (tertiary/aromatic N) is 6. The highest BCUT2D eigenvalue weighted by atomic mass is 79.9. The van der Waals surface area contributed by atoms with Gasteiger partial charge in [0.05, 0.1) is 37.0 Å². The number of aryl methyl sites for hydroxylation is 1. The maximum absolute atomic E-state index is 13.0. The van der Waals surface area contributed by atoms with E-state index in [0.29, 0.717) is 25.3 Å². The zero-order valence-electron chi connectivity index (χ0n) is 19.3. The Morgan fingerprint density at radius 3 is 2.76 bits per heavy atom. The van der Waals surface area contributed by atoms with Gasteiger partial charge >= 0.3 is 11.7 Å². The number of rotatable bonds is 10. The van der Waals surface area contributed by atoms with Crippen molar-refractivity contribution in [2.24, 2.45) is 0 Å². The number of carbonyl (C=O) groups excluding carboxylic acids is 2. The van der Waals surface area contributed by atoms with Crippen molar-refractivity contribution in [3.05, 3.63) is 43.4 Å². The van der Waals surface area contributed by atoms with Crippen LogP contribution in [0.15, 0.2) is 26.5 Å². The third kappa shape index (κ3) is 6.39. The van der Waals surface area contributed by atoms with Crippen molar-refractivity contribution < 1.29 is 19.1 Å². The number of esters is 1. The van der Waals surface area contributed by atoms with Crippen molar-refractivity contribution in [3.63, 3.8) is 0 Å². The van der Waals surface area contributed by atoms with E-state index >= 15 is 0 Å². The van der Waals surface area contributed by atoms with E-state index in [1.807, 2.05) is 19.0 Å². The molecule has 0 unspecified atom stereocenters. The van der Waals surface area contributed by atoms with Gasteiger partial charge in [-0.3, -0.25) is 19.1 Å². The van der Waals surface area contributed by atoms with E-state index in [0.717, 1.165) is 6.54 Å². The van der Waals surface area contributed by atoms with Gasteiger partial charge in [0.1, 0.15) is 11.7 Å². The minimum atomic E-state index is -0.773.